The van der Waals surface area contributed by atoms with Gasteiger partial charge in [-0.3, -0.25) is 4.79 Å². The van der Waals surface area contributed by atoms with Crippen LogP contribution < -0.4 is 4.72 Å². The Morgan fingerprint density at radius 3 is 2.46 bits per heavy atom. The van der Waals surface area contributed by atoms with Gasteiger partial charge in [0.1, 0.15) is 5.78 Å². The quantitative estimate of drug-likeness (QED) is 0.671. The molecule has 74 valence electrons. The van der Waals surface area contributed by atoms with Gasteiger partial charge < -0.3 is 0 Å². The molecule has 5 nitrogen and oxygen atoms in total. The third-order valence-electron chi connectivity index (χ3n) is 1.41. The molecule has 0 aromatic rings. The number of nitriles is 1. The van der Waals surface area contributed by atoms with Crippen LogP contribution in [0.15, 0.2) is 0 Å². The van der Waals surface area contributed by atoms with E-state index in [1.807, 2.05) is 0 Å². The highest BCUT2D eigenvalue weighted by atomic mass is 32.2. The van der Waals surface area contributed by atoms with Crippen LogP contribution in [0, 0.1) is 11.3 Å². The molecule has 0 radical (unpaired) electrons. The van der Waals surface area contributed by atoms with Crippen molar-refractivity contribution in [2.75, 3.05) is 6.54 Å². The molecule has 0 saturated heterocycles. The van der Waals surface area contributed by atoms with Crippen molar-refractivity contribution in [3.8, 4) is 6.07 Å². The predicted molar refractivity (Wildman–Crippen MR) is 47.3 cm³/mol. The molecule has 0 aromatic heterocycles. The minimum atomic E-state index is -3.65. The molecule has 0 aliphatic carbocycles. The molecule has 1 N–H and O–H groups in total. The second-order valence-electron chi connectivity index (χ2n) is 2.59. The second-order valence-corrected chi connectivity index (χ2v) is 4.54. The molecule has 13 heavy (non-hydrogen) atoms. The monoisotopic (exact) mass is 204 g/mol. The zero-order chi connectivity index (χ0) is 10.5. The molecule has 0 saturated carbocycles. The zero-order valence-electron chi connectivity index (χ0n) is 7.57. The van der Waals surface area contributed by atoms with Gasteiger partial charge in [-0.2, -0.15) is 5.26 Å². The highest BCUT2D eigenvalue weighted by Gasteiger charge is 2.22. The molecule has 6 heteroatoms. The number of rotatable bonds is 5. The fourth-order valence-corrected chi connectivity index (χ4v) is 1.87. The fourth-order valence-electron chi connectivity index (χ4n) is 0.683. The van der Waals surface area contributed by atoms with Crippen LogP contribution in [-0.2, 0) is 14.8 Å². The van der Waals surface area contributed by atoms with Crippen molar-refractivity contribution in [1.29, 1.82) is 5.26 Å². The van der Waals surface area contributed by atoms with Crippen LogP contribution in [0.4, 0.5) is 0 Å². The normalized spacial score (nSPS) is 13.3. The summed E-state index contributed by atoms with van der Waals surface area (Å²) in [7, 11) is -3.65. The first-order valence-corrected chi connectivity index (χ1v) is 5.36. The molecule has 0 aliphatic rings. The van der Waals surface area contributed by atoms with E-state index in [2.05, 4.69) is 4.72 Å². The van der Waals surface area contributed by atoms with Gasteiger partial charge in [-0.15, -0.1) is 0 Å². The Hall–Kier alpha value is -0.930. The van der Waals surface area contributed by atoms with Crippen molar-refractivity contribution >= 4 is 15.8 Å². The van der Waals surface area contributed by atoms with Crippen LogP contribution in [-0.4, -0.2) is 26.0 Å². The van der Waals surface area contributed by atoms with Crippen molar-refractivity contribution in [1.82, 2.24) is 4.72 Å². The number of sulfonamides is 1. The zero-order valence-corrected chi connectivity index (χ0v) is 8.39. The van der Waals surface area contributed by atoms with Gasteiger partial charge in [0.2, 0.25) is 10.0 Å². The molecule has 0 fully saturated rings. The lowest BCUT2D eigenvalue weighted by Crippen LogP contribution is -2.35. The van der Waals surface area contributed by atoms with E-state index in [9.17, 15) is 13.2 Å². The summed E-state index contributed by atoms with van der Waals surface area (Å²) in [6.45, 7) is 2.62. The first-order valence-electron chi connectivity index (χ1n) is 3.81. The highest BCUT2D eigenvalue weighted by Crippen LogP contribution is 2.01. The number of hydrogen-bond donors (Lipinski definition) is 1. The van der Waals surface area contributed by atoms with Crippen LogP contribution in [0.25, 0.3) is 0 Å². The average molecular weight is 204 g/mol. The average Bonchev–Trinajstić information content (AvgIpc) is 2.03. The maximum Gasteiger partial charge on any atom is 0.228 e. The molecule has 0 aromatic carbocycles. The second kappa shape index (κ2) is 4.94. The van der Waals surface area contributed by atoms with E-state index in [-0.39, 0.29) is 18.7 Å². The number of hydrogen-bond acceptors (Lipinski definition) is 4. The summed E-state index contributed by atoms with van der Waals surface area (Å²) < 4.78 is 24.5. The van der Waals surface area contributed by atoms with E-state index in [1.54, 1.807) is 13.0 Å². The van der Waals surface area contributed by atoms with E-state index >= 15 is 0 Å². The minimum absolute atomic E-state index is 0.212. The maximum absolute atomic E-state index is 11.2. The van der Waals surface area contributed by atoms with Gasteiger partial charge in [-0.25, -0.2) is 13.1 Å². The van der Waals surface area contributed by atoms with Crippen LogP contribution >= 0.6 is 0 Å². The third kappa shape index (κ3) is 4.01. The maximum atomic E-state index is 11.2. The first kappa shape index (κ1) is 12.1. The summed E-state index contributed by atoms with van der Waals surface area (Å²) in [4.78, 5) is 10.5. The van der Waals surface area contributed by atoms with Crippen LogP contribution in [0.3, 0.4) is 0 Å². The van der Waals surface area contributed by atoms with Crippen LogP contribution in [0.1, 0.15) is 20.3 Å². The van der Waals surface area contributed by atoms with Gasteiger partial charge in [0, 0.05) is 0 Å². The Morgan fingerprint density at radius 2 is 2.15 bits per heavy atom. The van der Waals surface area contributed by atoms with Crippen molar-refractivity contribution < 1.29 is 13.2 Å². The lowest BCUT2D eigenvalue weighted by atomic mass is 10.4. The van der Waals surface area contributed by atoms with Crippen LogP contribution in [0.5, 0.6) is 0 Å². The largest absolute Gasteiger partial charge is 0.299 e. The van der Waals surface area contributed by atoms with E-state index in [1.165, 1.54) is 6.92 Å². The topological polar surface area (TPSA) is 87.0 Å². The summed E-state index contributed by atoms with van der Waals surface area (Å²) in [5.41, 5.74) is 0. The van der Waals surface area contributed by atoms with Gasteiger partial charge >= 0.3 is 0 Å². The molecule has 0 bridgehead atoms. The van der Waals surface area contributed by atoms with E-state index in [0.717, 1.165) is 0 Å². The number of Topliss-reactive ketones (excluding diaryl/α,β-unsaturated/α-hetero) is 1. The number of ketones is 1. The Bertz CT molecular complexity index is 315. The van der Waals surface area contributed by atoms with Crippen molar-refractivity contribution in [3.05, 3.63) is 0 Å². The minimum Gasteiger partial charge on any atom is -0.299 e. The summed E-state index contributed by atoms with van der Waals surface area (Å²) in [6, 6.07) is 1.65. The summed E-state index contributed by atoms with van der Waals surface area (Å²) in [5, 5.41) is 7.40. The first-order chi connectivity index (χ1) is 5.94. The molecule has 0 aliphatic heterocycles. The standard InChI is InChI=1S/C7H12N2O3S/c1-3-7(4-8)13(11,12)9-5-6(2)10/h7,9H,3,5H2,1-2H3. The van der Waals surface area contributed by atoms with E-state index in [4.69, 9.17) is 5.26 Å². The molecule has 1 unspecified atom stereocenters. The third-order valence-corrected chi connectivity index (χ3v) is 3.15. The van der Waals surface area contributed by atoms with Gasteiger partial charge in [-0.1, -0.05) is 6.92 Å². The van der Waals surface area contributed by atoms with Gasteiger partial charge in [0.15, 0.2) is 5.25 Å². The van der Waals surface area contributed by atoms with E-state index < -0.39 is 15.3 Å². The number of nitrogens with zero attached hydrogens (tertiary/aromatic N) is 1. The number of carbonyl (C=O) groups is 1. The SMILES string of the molecule is CCC(C#N)S(=O)(=O)NCC(C)=O. The lowest BCUT2D eigenvalue weighted by molar-refractivity contribution is -0.115. The fraction of sp³-hybridized carbons (Fsp3) is 0.714. The summed E-state index contributed by atoms with van der Waals surface area (Å²) >= 11 is 0. The summed E-state index contributed by atoms with van der Waals surface area (Å²) in [5.74, 6) is -0.281. The van der Waals surface area contributed by atoms with Gasteiger partial charge in [0.05, 0.1) is 12.6 Å². The summed E-state index contributed by atoms with van der Waals surface area (Å²) in [6.07, 6.45) is 0.212. The van der Waals surface area contributed by atoms with Crippen molar-refractivity contribution in [2.24, 2.45) is 0 Å². The van der Waals surface area contributed by atoms with Gasteiger partial charge in [0.25, 0.3) is 0 Å². The predicted octanol–water partition coefficient (Wildman–Crippen LogP) is -0.203. The Balaban J connectivity index is 4.41. The molecule has 1 atom stereocenters. The molecule has 0 spiro atoms. The Labute approximate surface area is 77.8 Å². The molecule has 0 heterocycles. The molecule has 0 amide bonds. The number of carbonyl (C=O) groups excluding carboxylic acids is 1. The molecule has 0 rings (SSSR count). The Kier molecular flexibility index (Phi) is 4.59. The van der Waals surface area contributed by atoms with E-state index in [0.29, 0.717) is 0 Å². The molecular weight excluding hydrogens is 192 g/mol. The van der Waals surface area contributed by atoms with Crippen LogP contribution in [0.2, 0.25) is 0 Å². The van der Waals surface area contributed by atoms with Crippen molar-refractivity contribution in [3.63, 3.8) is 0 Å². The smallest absolute Gasteiger partial charge is 0.228 e. The molecular formula is C7H12N2O3S. The Morgan fingerprint density at radius 1 is 1.62 bits per heavy atom. The van der Waals surface area contributed by atoms with Crippen molar-refractivity contribution in [2.45, 2.75) is 25.5 Å². The highest BCUT2D eigenvalue weighted by molar-refractivity contribution is 7.90. The number of nitrogens with one attached hydrogen (secondary N) is 1. The lowest BCUT2D eigenvalue weighted by Gasteiger charge is -2.07. The van der Waals surface area contributed by atoms with Gasteiger partial charge in [-0.05, 0) is 13.3 Å².